The molecule has 21 heavy (non-hydrogen) atoms. The fraction of sp³-hybridized carbons (Fsp3) is 0.438. The molecule has 0 spiro atoms. The molecule has 2 heterocycles. The predicted octanol–water partition coefficient (Wildman–Crippen LogP) is 3.41. The highest BCUT2D eigenvalue weighted by Gasteiger charge is 2.27. The molecule has 0 bridgehead atoms. The first-order valence-corrected chi connectivity index (χ1v) is 8.19. The topological polar surface area (TPSA) is 45.5 Å². The highest BCUT2D eigenvalue weighted by molar-refractivity contribution is 9.10. The van der Waals surface area contributed by atoms with E-state index in [1.807, 2.05) is 36.1 Å². The molecule has 0 saturated carbocycles. The average Bonchev–Trinajstić information content (AvgIpc) is 2.95. The van der Waals surface area contributed by atoms with Crippen LogP contribution in [0.3, 0.4) is 0 Å². The van der Waals surface area contributed by atoms with Gasteiger partial charge in [0.15, 0.2) is 5.76 Å². The second kappa shape index (κ2) is 6.20. The van der Waals surface area contributed by atoms with Gasteiger partial charge in [-0.1, -0.05) is 12.1 Å². The second-order valence-electron chi connectivity index (χ2n) is 5.36. The van der Waals surface area contributed by atoms with Crippen molar-refractivity contribution in [3.8, 4) is 0 Å². The number of hydrogen-bond donors (Lipinski definition) is 1. The zero-order valence-corrected chi connectivity index (χ0v) is 13.6. The van der Waals surface area contributed by atoms with E-state index in [9.17, 15) is 4.79 Å². The van der Waals surface area contributed by atoms with Gasteiger partial charge in [0.1, 0.15) is 5.58 Å². The number of likely N-dealkylation sites (N-methyl/N-ethyl adjacent to an activating group) is 1. The minimum absolute atomic E-state index is 0.0192. The number of rotatable bonds is 3. The standard InChI is InChI=1S/C16H19BrN2O2/c1-2-19(12-6-4-8-18-10-12)16(20)14-9-11-5-3-7-13(17)15(11)21-14/h3,5,7,9,12,18H,2,4,6,8,10H2,1H3. The summed E-state index contributed by atoms with van der Waals surface area (Å²) in [4.78, 5) is 14.7. The van der Waals surface area contributed by atoms with Crippen molar-refractivity contribution >= 4 is 32.8 Å². The SMILES string of the molecule is CCN(C(=O)c1cc2cccc(Br)c2o1)C1CCCNC1. The van der Waals surface area contributed by atoms with Gasteiger partial charge in [0.25, 0.3) is 5.91 Å². The third-order valence-electron chi connectivity index (χ3n) is 4.02. The Hall–Kier alpha value is -1.33. The van der Waals surface area contributed by atoms with Gasteiger partial charge in [-0.3, -0.25) is 4.79 Å². The van der Waals surface area contributed by atoms with Gasteiger partial charge < -0.3 is 14.6 Å². The lowest BCUT2D eigenvalue weighted by Crippen LogP contribution is -2.48. The fourth-order valence-electron chi connectivity index (χ4n) is 2.94. The zero-order chi connectivity index (χ0) is 14.8. The average molecular weight is 351 g/mol. The summed E-state index contributed by atoms with van der Waals surface area (Å²) >= 11 is 3.46. The van der Waals surface area contributed by atoms with E-state index in [0.717, 1.165) is 41.4 Å². The third-order valence-corrected chi connectivity index (χ3v) is 4.64. The van der Waals surface area contributed by atoms with Crippen molar-refractivity contribution in [2.75, 3.05) is 19.6 Å². The predicted molar refractivity (Wildman–Crippen MR) is 86.5 cm³/mol. The zero-order valence-electron chi connectivity index (χ0n) is 12.1. The Labute approximate surface area is 132 Å². The van der Waals surface area contributed by atoms with E-state index in [0.29, 0.717) is 12.3 Å². The molecular weight excluding hydrogens is 332 g/mol. The maximum Gasteiger partial charge on any atom is 0.289 e. The van der Waals surface area contributed by atoms with Crippen molar-refractivity contribution in [3.63, 3.8) is 0 Å². The van der Waals surface area contributed by atoms with E-state index < -0.39 is 0 Å². The number of nitrogens with one attached hydrogen (secondary N) is 1. The van der Waals surface area contributed by atoms with Gasteiger partial charge in [-0.05, 0) is 54.4 Å². The number of piperidine rings is 1. The quantitative estimate of drug-likeness (QED) is 0.922. The van der Waals surface area contributed by atoms with Crippen LogP contribution in [0.15, 0.2) is 33.2 Å². The summed E-state index contributed by atoms with van der Waals surface area (Å²) in [5.41, 5.74) is 0.735. The van der Waals surface area contributed by atoms with Crippen molar-refractivity contribution in [1.82, 2.24) is 10.2 Å². The molecule has 1 amide bonds. The molecule has 1 aliphatic rings. The summed E-state index contributed by atoms with van der Waals surface area (Å²) in [6.45, 7) is 4.62. The van der Waals surface area contributed by atoms with Gasteiger partial charge in [0, 0.05) is 24.5 Å². The first-order chi connectivity index (χ1) is 10.2. The number of halogens is 1. The molecule has 0 radical (unpaired) electrons. The fourth-order valence-corrected chi connectivity index (χ4v) is 3.40. The molecule has 1 aromatic carbocycles. The van der Waals surface area contributed by atoms with Gasteiger partial charge >= 0.3 is 0 Å². The summed E-state index contributed by atoms with van der Waals surface area (Å²) in [5.74, 6) is 0.402. The highest BCUT2D eigenvalue weighted by Crippen LogP contribution is 2.28. The summed E-state index contributed by atoms with van der Waals surface area (Å²) in [6.07, 6.45) is 2.16. The largest absolute Gasteiger partial charge is 0.450 e. The van der Waals surface area contributed by atoms with Gasteiger partial charge in [-0.25, -0.2) is 0 Å². The Morgan fingerprint density at radius 2 is 2.38 bits per heavy atom. The van der Waals surface area contributed by atoms with Crippen LogP contribution in [-0.2, 0) is 0 Å². The second-order valence-corrected chi connectivity index (χ2v) is 6.21. The number of carbonyl (C=O) groups excluding carboxylic acids is 1. The van der Waals surface area contributed by atoms with Gasteiger partial charge in [0.2, 0.25) is 0 Å². The first-order valence-electron chi connectivity index (χ1n) is 7.40. The van der Waals surface area contributed by atoms with Gasteiger partial charge in [-0.2, -0.15) is 0 Å². The number of hydrogen-bond acceptors (Lipinski definition) is 3. The number of benzene rings is 1. The van der Waals surface area contributed by atoms with E-state index in [1.165, 1.54) is 0 Å². The third kappa shape index (κ3) is 2.85. The van der Waals surface area contributed by atoms with E-state index in [-0.39, 0.29) is 11.9 Å². The normalized spacial score (nSPS) is 18.9. The van der Waals surface area contributed by atoms with Crippen LogP contribution in [-0.4, -0.2) is 36.5 Å². The van der Waals surface area contributed by atoms with Crippen LogP contribution in [0.1, 0.15) is 30.3 Å². The minimum Gasteiger partial charge on any atom is -0.450 e. The van der Waals surface area contributed by atoms with Crippen molar-refractivity contribution in [3.05, 3.63) is 34.5 Å². The lowest BCUT2D eigenvalue weighted by Gasteiger charge is -2.33. The van der Waals surface area contributed by atoms with Crippen LogP contribution in [0.5, 0.6) is 0 Å². The molecule has 112 valence electrons. The number of para-hydroxylation sites is 1. The highest BCUT2D eigenvalue weighted by atomic mass is 79.9. The van der Waals surface area contributed by atoms with Crippen LogP contribution in [0.2, 0.25) is 0 Å². The lowest BCUT2D eigenvalue weighted by molar-refractivity contribution is 0.0632. The van der Waals surface area contributed by atoms with E-state index in [4.69, 9.17) is 4.42 Å². The number of amides is 1. The Balaban J connectivity index is 1.89. The summed E-state index contributed by atoms with van der Waals surface area (Å²) in [7, 11) is 0. The molecule has 1 N–H and O–H groups in total. The monoisotopic (exact) mass is 350 g/mol. The number of nitrogens with zero attached hydrogens (tertiary/aromatic N) is 1. The van der Waals surface area contributed by atoms with Crippen LogP contribution < -0.4 is 5.32 Å². The van der Waals surface area contributed by atoms with E-state index in [2.05, 4.69) is 21.2 Å². The van der Waals surface area contributed by atoms with Crippen molar-refractivity contribution in [2.24, 2.45) is 0 Å². The van der Waals surface area contributed by atoms with Crippen molar-refractivity contribution in [2.45, 2.75) is 25.8 Å². The molecule has 1 unspecified atom stereocenters. The number of carbonyl (C=O) groups is 1. The van der Waals surface area contributed by atoms with E-state index >= 15 is 0 Å². The molecule has 1 atom stereocenters. The molecular formula is C16H19BrN2O2. The maximum atomic E-state index is 12.7. The molecule has 1 saturated heterocycles. The molecule has 2 aromatic rings. The van der Waals surface area contributed by atoms with Crippen molar-refractivity contribution < 1.29 is 9.21 Å². The van der Waals surface area contributed by atoms with Gasteiger partial charge in [0.05, 0.1) is 4.47 Å². The molecule has 0 aliphatic carbocycles. The molecule has 4 nitrogen and oxygen atoms in total. The van der Waals surface area contributed by atoms with Crippen LogP contribution in [0.4, 0.5) is 0 Å². The molecule has 5 heteroatoms. The molecule has 1 aromatic heterocycles. The molecule has 1 fully saturated rings. The summed E-state index contributed by atoms with van der Waals surface area (Å²) < 4.78 is 6.65. The molecule has 1 aliphatic heterocycles. The number of furan rings is 1. The van der Waals surface area contributed by atoms with Crippen LogP contribution in [0.25, 0.3) is 11.0 Å². The van der Waals surface area contributed by atoms with Crippen molar-refractivity contribution in [1.29, 1.82) is 0 Å². The Kier molecular flexibility index (Phi) is 4.31. The maximum absolute atomic E-state index is 12.7. The number of fused-ring (bicyclic) bond motifs is 1. The lowest BCUT2D eigenvalue weighted by atomic mass is 10.1. The van der Waals surface area contributed by atoms with Gasteiger partial charge in [-0.15, -0.1) is 0 Å². The Morgan fingerprint density at radius 3 is 3.05 bits per heavy atom. The Bertz CT molecular complexity index is 647. The van der Waals surface area contributed by atoms with Crippen LogP contribution >= 0.6 is 15.9 Å². The summed E-state index contributed by atoms with van der Waals surface area (Å²) in [6, 6.07) is 7.91. The van der Waals surface area contributed by atoms with E-state index in [1.54, 1.807) is 0 Å². The minimum atomic E-state index is -0.0192. The van der Waals surface area contributed by atoms with Crippen LogP contribution in [0, 0.1) is 0 Å². The molecule has 3 rings (SSSR count). The summed E-state index contributed by atoms with van der Waals surface area (Å²) in [5, 5.41) is 4.31. The Morgan fingerprint density at radius 1 is 1.52 bits per heavy atom. The smallest absolute Gasteiger partial charge is 0.289 e. The first kappa shape index (κ1) is 14.6.